The predicted molar refractivity (Wildman–Crippen MR) is 46.4 cm³/mol. The van der Waals surface area contributed by atoms with Crippen LogP contribution in [-0.2, 0) is 14.4 Å². The van der Waals surface area contributed by atoms with Gasteiger partial charge in [-0.1, -0.05) is 5.16 Å². The molecule has 1 unspecified atom stereocenters. The highest BCUT2D eigenvalue weighted by molar-refractivity contribution is 6.49. The molecule has 5 heteroatoms. The Labute approximate surface area is 76.5 Å². The Morgan fingerprint density at radius 2 is 2.25 bits per heavy atom. The van der Waals surface area contributed by atoms with Crippen LogP contribution in [-0.4, -0.2) is 30.8 Å². The number of oxime groups is 1. The Morgan fingerprint density at radius 3 is 2.58 bits per heavy atom. The van der Waals surface area contributed by atoms with E-state index < -0.39 is 11.3 Å². The molecule has 0 N–H and O–H groups in total. The molecule has 0 bridgehead atoms. The zero-order chi connectivity index (χ0) is 9.56. The standard InChI is InChI=1S/C7H12ClNO3/c1-4-12-7(10)6(5(2)8)9-11-3/h5H,4H2,1-3H3. The van der Waals surface area contributed by atoms with Crippen molar-refractivity contribution in [2.24, 2.45) is 5.16 Å². The van der Waals surface area contributed by atoms with Gasteiger partial charge in [-0.05, 0) is 13.8 Å². The SMILES string of the molecule is CCOC(=O)C(=NOC)C(C)Cl. The van der Waals surface area contributed by atoms with E-state index in [0.717, 1.165) is 0 Å². The molecule has 0 aliphatic carbocycles. The van der Waals surface area contributed by atoms with Crippen LogP contribution in [0.4, 0.5) is 0 Å². The number of hydrogen-bond donors (Lipinski definition) is 0. The van der Waals surface area contributed by atoms with Crippen LogP contribution in [0.2, 0.25) is 0 Å². The zero-order valence-corrected chi connectivity index (χ0v) is 8.09. The van der Waals surface area contributed by atoms with Crippen molar-refractivity contribution in [2.45, 2.75) is 19.2 Å². The van der Waals surface area contributed by atoms with Gasteiger partial charge in [0.2, 0.25) is 0 Å². The maximum absolute atomic E-state index is 11.1. The van der Waals surface area contributed by atoms with Crippen molar-refractivity contribution >= 4 is 23.3 Å². The fraction of sp³-hybridized carbons (Fsp3) is 0.714. The van der Waals surface area contributed by atoms with Crippen LogP contribution in [0.15, 0.2) is 5.16 Å². The Kier molecular flexibility index (Phi) is 5.45. The Hall–Kier alpha value is -0.770. The van der Waals surface area contributed by atoms with Gasteiger partial charge in [-0.3, -0.25) is 0 Å². The van der Waals surface area contributed by atoms with E-state index in [4.69, 9.17) is 11.6 Å². The predicted octanol–water partition coefficient (Wildman–Crippen LogP) is 1.18. The van der Waals surface area contributed by atoms with Gasteiger partial charge >= 0.3 is 5.97 Å². The van der Waals surface area contributed by atoms with Gasteiger partial charge in [0.1, 0.15) is 7.11 Å². The number of carbonyl (C=O) groups is 1. The monoisotopic (exact) mass is 193 g/mol. The molecule has 0 fully saturated rings. The van der Waals surface area contributed by atoms with Crippen LogP contribution in [0, 0.1) is 0 Å². The lowest BCUT2D eigenvalue weighted by Gasteiger charge is -2.05. The lowest BCUT2D eigenvalue weighted by Crippen LogP contribution is -2.25. The van der Waals surface area contributed by atoms with Crippen molar-refractivity contribution in [3.05, 3.63) is 0 Å². The fourth-order valence-corrected chi connectivity index (χ4v) is 0.705. The van der Waals surface area contributed by atoms with Crippen molar-refractivity contribution in [3.63, 3.8) is 0 Å². The third-order valence-electron chi connectivity index (χ3n) is 1.05. The van der Waals surface area contributed by atoms with Crippen LogP contribution in [0.3, 0.4) is 0 Å². The van der Waals surface area contributed by atoms with Crippen LogP contribution in [0.1, 0.15) is 13.8 Å². The summed E-state index contributed by atoms with van der Waals surface area (Å²) in [7, 11) is 1.35. The van der Waals surface area contributed by atoms with Gasteiger partial charge in [-0.25, -0.2) is 4.79 Å². The van der Waals surface area contributed by atoms with Crippen molar-refractivity contribution in [1.29, 1.82) is 0 Å². The van der Waals surface area contributed by atoms with Crippen LogP contribution in [0.25, 0.3) is 0 Å². The number of rotatable bonds is 4. The zero-order valence-electron chi connectivity index (χ0n) is 7.33. The third-order valence-corrected chi connectivity index (χ3v) is 1.26. The number of nitrogens with zero attached hydrogens (tertiary/aromatic N) is 1. The Morgan fingerprint density at radius 1 is 1.67 bits per heavy atom. The molecular formula is C7H12ClNO3. The van der Waals surface area contributed by atoms with Gasteiger partial charge < -0.3 is 9.57 Å². The summed E-state index contributed by atoms with van der Waals surface area (Å²) in [5.74, 6) is -0.540. The summed E-state index contributed by atoms with van der Waals surface area (Å²) >= 11 is 5.64. The van der Waals surface area contributed by atoms with Gasteiger partial charge in [0.15, 0.2) is 5.71 Å². The molecule has 1 atom stereocenters. The molecule has 0 radical (unpaired) electrons. The summed E-state index contributed by atoms with van der Waals surface area (Å²) in [5, 5.41) is 2.94. The summed E-state index contributed by atoms with van der Waals surface area (Å²) in [4.78, 5) is 15.5. The van der Waals surface area contributed by atoms with E-state index in [2.05, 4.69) is 14.7 Å². The average Bonchev–Trinajstić information content (AvgIpc) is 1.99. The van der Waals surface area contributed by atoms with Gasteiger partial charge in [0.25, 0.3) is 0 Å². The number of halogens is 1. The van der Waals surface area contributed by atoms with E-state index in [-0.39, 0.29) is 5.71 Å². The van der Waals surface area contributed by atoms with Crippen molar-refractivity contribution < 1.29 is 14.4 Å². The number of hydrogen-bond acceptors (Lipinski definition) is 4. The number of esters is 1. The van der Waals surface area contributed by atoms with E-state index >= 15 is 0 Å². The van der Waals surface area contributed by atoms with E-state index in [1.165, 1.54) is 7.11 Å². The molecule has 0 aliphatic heterocycles. The molecule has 0 rings (SSSR count). The Balaban J connectivity index is 4.30. The molecule has 12 heavy (non-hydrogen) atoms. The van der Waals surface area contributed by atoms with Crippen molar-refractivity contribution in [3.8, 4) is 0 Å². The topological polar surface area (TPSA) is 47.9 Å². The quantitative estimate of drug-likeness (QED) is 0.292. The second-order valence-electron chi connectivity index (χ2n) is 2.00. The molecule has 0 amide bonds. The first kappa shape index (κ1) is 11.2. The molecule has 70 valence electrons. The van der Waals surface area contributed by atoms with E-state index in [1.54, 1.807) is 13.8 Å². The van der Waals surface area contributed by atoms with E-state index in [0.29, 0.717) is 6.61 Å². The van der Waals surface area contributed by atoms with Gasteiger partial charge in [0.05, 0.1) is 12.0 Å². The molecule has 0 aromatic rings. The van der Waals surface area contributed by atoms with E-state index in [9.17, 15) is 4.79 Å². The second-order valence-corrected chi connectivity index (χ2v) is 2.65. The molecule has 0 saturated carbocycles. The molecule has 0 aliphatic rings. The van der Waals surface area contributed by atoms with Crippen LogP contribution >= 0.6 is 11.6 Å². The minimum absolute atomic E-state index is 0.0843. The normalized spacial score (nSPS) is 13.8. The van der Waals surface area contributed by atoms with Gasteiger partial charge in [-0.2, -0.15) is 0 Å². The first-order valence-electron chi connectivity index (χ1n) is 3.55. The molecule has 0 heterocycles. The summed E-state index contributed by atoms with van der Waals surface area (Å²) in [6.07, 6.45) is 0. The highest BCUT2D eigenvalue weighted by Gasteiger charge is 2.18. The summed E-state index contributed by atoms with van der Waals surface area (Å²) in [5.41, 5.74) is 0.0843. The lowest BCUT2D eigenvalue weighted by molar-refractivity contribution is -0.135. The number of ether oxygens (including phenoxy) is 1. The van der Waals surface area contributed by atoms with Gasteiger partial charge in [0, 0.05) is 0 Å². The van der Waals surface area contributed by atoms with Crippen molar-refractivity contribution in [1.82, 2.24) is 0 Å². The highest BCUT2D eigenvalue weighted by Crippen LogP contribution is 2.00. The smallest absolute Gasteiger partial charge is 0.357 e. The van der Waals surface area contributed by atoms with Crippen molar-refractivity contribution in [2.75, 3.05) is 13.7 Å². The van der Waals surface area contributed by atoms with E-state index in [1.807, 2.05) is 0 Å². The minimum atomic E-state index is -0.540. The highest BCUT2D eigenvalue weighted by atomic mass is 35.5. The largest absolute Gasteiger partial charge is 0.461 e. The summed E-state index contributed by atoms with van der Waals surface area (Å²) < 4.78 is 4.68. The molecule has 0 aromatic heterocycles. The Bertz CT molecular complexity index is 179. The molecule has 4 nitrogen and oxygen atoms in total. The lowest BCUT2D eigenvalue weighted by atomic mass is 10.3. The summed E-state index contributed by atoms with van der Waals surface area (Å²) in [6, 6.07) is 0. The minimum Gasteiger partial charge on any atom is -0.461 e. The molecule has 0 aromatic carbocycles. The fourth-order valence-electron chi connectivity index (χ4n) is 0.576. The molecule has 0 saturated heterocycles. The van der Waals surface area contributed by atoms with Gasteiger partial charge in [-0.15, -0.1) is 11.6 Å². The number of alkyl halides is 1. The van der Waals surface area contributed by atoms with Crippen LogP contribution < -0.4 is 0 Å². The number of carbonyl (C=O) groups excluding carboxylic acids is 1. The first-order valence-corrected chi connectivity index (χ1v) is 3.99. The maximum atomic E-state index is 11.1. The maximum Gasteiger partial charge on any atom is 0.357 e. The first-order chi connectivity index (χ1) is 5.63. The third kappa shape index (κ3) is 3.57. The second kappa shape index (κ2) is 5.83. The average molecular weight is 194 g/mol. The molecule has 0 spiro atoms. The summed E-state index contributed by atoms with van der Waals surface area (Å²) in [6.45, 7) is 3.63. The van der Waals surface area contributed by atoms with Crippen LogP contribution in [0.5, 0.6) is 0 Å². The molecular weight excluding hydrogens is 182 g/mol.